The summed E-state index contributed by atoms with van der Waals surface area (Å²) in [5.41, 5.74) is 3.57. The highest BCUT2D eigenvalue weighted by molar-refractivity contribution is 6.09. The number of fused-ring (bicyclic) bond motifs is 1. The maximum Gasteiger partial charge on any atom is 0.261 e. The summed E-state index contributed by atoms with van der Waals surface area (Å²) in [5, 5.41) is 6.53. The Morgan fingerprint density at radius 1 is 1.31 bits per heavy atom. The van der Waals surface area contributed by atoms with Gasteiger partial charge in [0.15, 0.2) is 0 Å². The first kappa shape index (κ1) is 16.8. The van der Waals surface area contributed by atoms with Gasteiger partial charge in [-0.2, -0.15) is 0 Å². The minimum atomic E-state index is -0.262. The largest absolute Gasteiger partial charge is 0.496 e. The van der Waals surface area contributed by atoms with E-state index in [-0.39, 0.29) is 5.91 Å². The monoisotopic (exact) mass is 355 g/mol. The Kier molecular flexibility index (Phi) is 4.46. The van der Waals surface area contributed by atoms with E-state index in [1.807, 2.05) is 6.07 Å². The highest BCUT2D eigenvalue weighted by Crippen LogP contribution is 2.42. The van der Waals surface area contributed by atoms with Crippen molar-refractivity contribution in [3.05, 3.63) is 40.8 Å². The van der Waals surface area contributed by atoms with Crippen LogP contribution in [0.2, 0.25) is 0 Å². The Bertz CT molecular complexity index is 866. The molecule has 7 heteroatoms. The normalized spacial score (nSPS) is 16.9. The Morgan fingerprint density at radius 2 is 2.12 bits per heavy atom. The van der Waals surface area contributed by atoms with Gasteiger partial charge in [-0.1, -0.05) is 11.2 Å². The predicted octanol–water partition coefficient (Wildman–Crippen LogP) is 2.90. The maximum absolute atomic E-state index is 12.4. The van der Waals surface area contributed by atoms with Crippen LogP contribution in [0.4, 0.5) is 5.69 Å². The van der Waals surface area contributed by atoms with Crippen molar-refractivity contribution < 1.29 is 18.8 Å². The van der Waals surface area contributed by atoms with E-state index in [4.69, 9.17) is 19.0 Å². The second-order valence-electron chi connectivity index (χ2n) is 6.56. The molecule has 1 aromatic heterocycles. The van der Waals surface area contributed by atoms with Gasteiger partial charge in [0.2, 0.25) is 0 Å². The third-order valence-corrected chi connectivity index (χ3v) is 5.00. The Labute approximate surface area is 151 Å². The van der Waals surface area contributed by atoms with Gasteiger partial charge in [0.25, 0.3) is 5.91 Å². The molecule has 1 aromatic carbocycles. The maximum atomic E-state index is 12.4. The standard InChI is InChI=1S/C19H21N3O4/c1-11-15(10-20-26-11)19(23)22-17-9-14-16(24-2)4-3-13(18(14)21-17)12-5-7-25-8-6-12/h3-4,10,12H,5-9H2,1-2H3,(H,21,22,23). The topological polar surface area (TPSA) is 86.0 Å². The molecule has 3 heterocycles. The number of aromatic nitrogens is 1. The van der Waals surface area contributed by atoms with Crippen molar-refractivity contribution in [1.29, 1.82) is 0 Å². The van der Waals surface area contributed by atoms with Crippen LogP contribution in [0.5, 0.6) is 5.75 Å². The molecule has 0 atom stereocenters. The molecule has 1 fully saturated rings. The number of benzene rings is 1. The molecule has 4 rings (SSSR count). The first-order valence-corrected chi connectivity index (χ1v) is 8.75. The Morgan fingerprint density at radius 3 is 2.81 bits per heavy atom. The van der Waals surface area contributed by atoms with Crippen LogP contribution in [-0.4, -0.2) is 37.2 Å². The number of nitrogens with one attached hydrogen (secondary N) is 1. The van der Waals surface area contributed by atoms with E-state index in [1.54, 1.807) is 14.0 Å². The molecule has 0 unspecified atom stereocenters. The van der Waals surface area contributed by atoms with Gasteiger partial charge in [0.1, 0.15) is 22.9 Å². The van der Waals surface area contributed by atoms with Crippen LogP contribution in [0.3, 0.4) is 0 Å². The number of amides is 1. The fourth-order valence-electron chi connectivity index (χ4n) is 3.60. The van der Waals surface area contributed by atoms with Crippen LogP contribution in [0, 0.1) is 6.92 Å². The van der Waals surface area contributed by atoms with Crippen LogP contribution >= 0.6 is 0 Å². The lowest BCUT2D eigenvalue weighted by molar-refractivity contribution is 0.0854. The average molecular weight is 355 g/mol. The molecule has 2 aromatic rings. The zero-order valence-corrected chi connectivity index (χ0v) is 14.9. The number of ether oxygens (including phenoxy) is 2. The number of rotatable bonds is 3. The van der Waals surface area contributed by atoms with Crippen molar-refractivity contribution in [3.63, 3.8) is 0 Å². The Hall–Kier alpha value is -2.67. The summed E-state index contributed by atoms with van der Waals surface area (Å²) in [7, 11) is 1.65. The summed E-state index contributed by atoms with van der Waals surface area (Å²) in [6.45, 7) is 3.25. The highest BCUT2D eigenvalue weighted by Gasteiger charge is 2.28. The molecule has 2 aliphatic rings. The molecule has 1 saturated heterocycles. The van der Waals surface area contributed by atoms with E-state index >= 15 is 0 Å². The smallest absolute Gasteiger partial charge is 0.261 e. The van der Waals surface area contributed by atoms with Gasteiger partial charge in [-0.3, -0.25) is 4.79 Å². The third kappa shape index (κ3) is 2.99. The van der Waals surface area contributed by atoms with Gasteiger partial charge in [-0.25, -0.2) is 4.99 Å². The molecule has 0 saturated carbocycles. The van der Waals surface area contributed by atoms with Crippen molar-refractivity contribution in [1.82, 2.24) is 10.5 Å². The SMILES string of the molecule is COc1ccc(C2CCOCC2)c2c1CC(NC(=O)c1cnoc1C)=N2. The summed E-state index contributed by atoms with van der Waals surface area (Å²) in [6.07, 6.45) is 3.92. The highest BCUT2D eigenvalue weighted by atomic mass is 16.5. The summed E-state index contributed by atoms with van der Waals surface area (Å²) in [4.78, 5) is 17.2. The van der Waals surface area contributed by atoms with Crippen LogP contribution in [0.15, 0.2) is 27.8 Å². The van der Waals surface area contributed by atoms with Gasteiger partial charge in [0, 0.05) is 25.2 Å². The van der Waals surface area contributed by atoms with Gasteiger partial charge in [0.05, 0.1) is 19.0 Å². The van der Waals surface area contributed by atoms with E-state index in [0.29, 0.717) is 29.5 Å². The fourth-order valence-corrected chi connectivity index (χ4v) is 3.60. The van der Waals surface area contributed by atoms with E-state index in [0.717, 1.165) is 43.1 Å². The lowest BCUT2D eigenvalue weighted by Crippen LogP contribution is -2.30. The van der Waals surface area contributed by atoms with Crippen LogP contribution < -0.4 is 10.1 Å². The lowest BCUT2D eigenvalue weighted by atomic mass is 9.89. The van der Waals surface area contributed by atoms with Gasteiger partial charge >= 0.3 is 0 Å². The van der Waals surface area contributed by atoms with Gasteiger partial charge in [-0.05, 0) is 37.3 Å². The van der Waals surface area contributed by atoms with E-state index in [2.05, 4.69) is 16.5 Å². The lowest BCUT2D eigenvalue weighted by Gasteiger charge is -2.24. The fraction of sp³-hybridized carbons (Fsp3) is 0.421. The molecule has 136 valence electrons. The molecule has 26 heavy (non-hydrogen) atoms. The minimum Gasteiger partial charge on any atom is -0.496 e. The molecule has 0 spiro atoms. The van der Waals surface area contributed by atoms with Crippen molar-refractivity contribution in [2.45, 2.75) is 32.1 Å². The molecule has 0 aliphatic carbocycles. The predicted molar refractivity (Wildman–Crippen MR) is 95.3 cm³/mol. The number of aliphatic imine (C=N–C) groups is 1. The van der Waals surface area contributed by atoms with Gasteiger partial charge in [-0.15, -0.1) is 0 Å². The number of hydrogen-bond acceptors (Lipinski definition) is 6. The summed E-state index contributed by atoms with van der Waals surface area (Å²) < 4.78 is 16.0. The van der Waals surface area contributed by atoms with E-state index in [9.17, 15) is 4.79 Å². The zero-order chi connectivity index (χ0) is 18.1. The quantitative estimate of drug-likeness (QED) is 0.915. The number of amidine groups is 1. The minimum absolute atomic E-state index is 0.262. The summed E-state index contributed by atoms with van der Waals surface area (Å²) in [6, 6.07) is 4.08. The van der Waals surface area contributed by atoms with Crippen molar-refractivity contribution in [2.75, 3.05) is 20.3 Å². The summed E-state index contributed by atoms with van der Waals surface area (Å²) >= 11 is 0. The second kappa shape index (κ2) is 6.92. The Balaban J connectivity index is 1.62. The molecule has 1 amide bonds. The molecule has 0 radical (unpaired) electrons. The molecule has 1 N–H and O–H groups in total. The molecular formula is C19H21N3O4. The number of carbonyl (C=O) groups is 1. The van der Waals surface area contributed by atoms with E-state index in [1.165, 1.54) is 11.8 Å². The van der Waals surface area contributed by atoms with Crippen molar-refractivity contribution in [2.24, 2.45) is 4.99 Å². The van der Waals surface area contributed by atoms with Crippen molar-refractivity contribution in [3.8, 4) is 5.75 Å². The van der Waals surface area contributed by atoms with E-state index < -0.39 is 0 Å². The number of carbonyl (C=O) groups excluding carboxylic acids is 1. The molecule has 2 aliphatic heterocycles. The van der Waals surface area contributed by atoms with Crippen LogP contribution in [0.1, 0.15) is 46.0 Å². The summed E-state index contributed by atoms with van der Waals surface area (Å²) in [5.74, 6) is 2.05. The zero-order valence-electron chi connectivity index (χ0n) is 14.9. The van der Waals surface area contributed by atoms with Crippen molar-refractivity contribution >= 4 is 17.4 Å². The number of hydrogen-bond donors (Lipinski definition) is 1. The average Bonchev–Trinajstić information content (AvgIpc) is 3.27. The van der Waals surface area contributed by atoms with Gasteiger partial charge < -0.3 is 19.3 Å². The molecule has 7 nitrogen and oxygen atoms in total. The van der Waals surface area contributed by atoms with Crippen LogP contribution in [-0.2, 0) is 11.2 Å². The first-order valence-electron chi connectivity index (χ1n) is 8.75. The number of methoxy groups -OCH3 is 1. The third-order valence-electron chi connectivity index (χ3n) is 5.00. The number of aryl methyl sites for hydroxylation is 1. The molecule has 0 bridgehead atoms. The molecular weight excluding hydrogens is 334 g/mol. The van der Waals surface area contributed by atoms with Crippen LogP contribution in [0.25, 0.3) is 0 Å². The second-order valence-corrected chi connectivity index (χ2v) is 6.56. The number of nitrogens with zero attached hydrogens (tertiary/aromatic N) is 2. The first-order chi connectivity index (χ1) is 12.7.